The number of nitrogens with one attached hydrogen (secondary N) is 1. The van der Waals surface area contributed by atoms with Gasteiger partial charge in [0.1, 0.15) is 11.6 Å². The van der Waals surface area contributed by atoms with Crippen LogP contribution in [0.1, 0.15) is 19.4 Å². The van der Waals surface area contributed by atoms with Crippen LogP contribution < -0.4 is 5.32 Å². The normalized spacial score (nSPS) is 11.5. The van der Waals surface area contributed by atoms with Gasteiger partial charge in [-0.1, -0.05) is 19.9 Å². The summed E-state index contributed by atoms with van der Waals surface area (Å²) >= 11 is 0. The minimum atomic E-state index is -0.478. The summed E-state index contributed by atoms with van der Waals surface area (Å²) in [5, 5.41) is 3.26. The van der Waals surface area contributed by atoms with E-state index in [4.69, 9.17) is 0 Å². The maximum Gasteiger partial charge on any atom is 0.130 e. The quantitative estimate of drug-likeness (QED) is 0.824. The molecule has 1 aromatic carbocycles. The van der Waals surface area contributed by atoms with E-state index in [1.807, 2.05) is 11.9 Å². The van der Waals surface area contributed by atoms with Crippen molar-refractivity contribution in [1.29, 1.82) is 0 Å². The highest BCUT2D eigenvalue weighted by molar-refractivity contribution is 5.19. The first kappa shape index (κ1) is 14.1. The van der Waals surface area contributed by atoms with Gasteiger partial charge >= 0.3 is 0 Å². The van der Waals surface area contributed by atoms with E-state index < -0.39 is 11.6 Å². The van der Waals surface area contributed by atoms with E-state index in [1.165, 1.54) is 18.2 Å². The van der Waals surface area contributed by atoms with E-state index in [9.17, 15) is 8.78 Å². The number of rotatable bonds is 6. The van der Waals surface area contributed by atoms with Gasteiger partial charge in [-0.25, -0.2) is 8.78 Å². The highest BCUT2D eigenvalue weighted by Crippen LogP contribution is 2.13. The lowest BCUT2D eigenvalue weighted by molar-refractivity contribution is 0.309. The van der Waals surface area contributed by atoms with E-state index in [2.05, 4.69) is 19.2 Å². The zero-order valence-electron chi connectivity index (χ0n) is 10.6. The molecule has 0 atom stereocenters. The Bertz CT molecular complexity index is 333. The highest BCUT2D eigenvalue weighted by Gasteiger charge is 2.10. The predicted molar refractivity (Wildman–Crippen MR) is 65.8 cm³/mol. The average molecular weight is 242 g/mol. The van der Waals surface area contributed by atoms with Crippen molar-refractivity contribution in [2.75, 3.05) is 20.1 Å². The SMILES string of the molecule is CC(C)NCCN(C)Cc1c(F)cccc1F. The largest absolute Gasteiger partial charge is 0.313 e. The first-order valence-electron chi connectivity index (χ1n) is 5.85. The maximum absolute atomic E-state index is 13.4. The van der Waals surface area contributed by atoms with Crippen LogP contribution in [0.5, 0.6) is 0 Å². The lowest BCUT2D eigenvalue weighted by atomic mass is 10.2. The summed E-state index contributed by atoms with van der Waals surface area (Å²) in [5.74, 6) is -0.956. The molecular formula is C13H20F2N2. The Morgan fingerprint density at radius 1 is 1.24 bits per heavy atom. The lowest BCUT2D eigenvalue weighted by Gasteiger charge is -2.18. The highest BCUT2D eigenvalue weighted by atomic mass is 19.1. The van der Waals surface area contributed by atoms with Crippen LogP contribution in [-0.4, -0.2) is 31.1 Å². The molecule has 4 heteroatoms. The molecule has 1 aromatic rings. The molecule has 0 aromatic heterocycles. The summed E-state index contributed by atoms with van der Waals surface area (Å²) in [5.41, 5.74) is 0.138. The zero-order chi connectivity index (χ0) is 12.8. The van der Waals surface area contributed by atoms with Crippen LogP contribution in [0.3, 0.4) is 0 Å². The van der Waals surface area contributed by atoms with Gasteiger partial charge in [0.05, 0.1) is 0 Å². The van der Waals surface area contributed by atoms with Crippen LogP contribution in [0.2, 0.25) is 0 Å². The molecule has 0 fully saturated rings. The Balaban J connectivity index is 2.47. The molecule has 0 unspecified atom stereocenters. The summed E-state index contributed by atoms with van der Waals surface area (Å²) in [4.78, 5) is 1.90. The van der Waals surface area contributed by atoms with Crippen molar-refractivity contribution in [2.24, 2.45) is 0 Å². The Hall–Kier alpha value is -1.00. The predicted octanol–water partition coefficient (Wildman–Crippen LogP) is 2.39. The third-order valence-electron chi connectivity index (χ3n) is 2.54. The monoisotopic (exact) mass is 242 g/mol. The van der Waals surface area contributed by atoms with Gasteiger partial charge < -0.3 is 10.2 Å². The fourth-order valence-electron chi connectivity index (χ4n) is 1.58. The molecule has 17 heavy (non-hydrogen) atoms. The first-order valence-corrected chi connectivity index (χ1v) is 5.85. The molecule has 0 spiro atoms. The van der Waals surface area contributed by atoms with Crippen molar-refractivity contribution in [3.8, 4) is 0 Å². The van der Waals surface area contributed by atoms with Gasteiger partial charge in [0, 0.05) is 31.2 Å². The molecule has 2 nitrogen and oxygen atoms in total. The molecule has 1 N–H and O–H groups in total. The molecule has 0 amide bonds. The van der Waals surface area contributed by atoms with E-state index in [0.29, 0.717) is 6.04 Å². The van der Waals surface area contributed by atoms with Gasteiger partial charge in [0.15, 0.2) is 0 Å². The molecule has 0 bridgehead atoms. The molecular weight excluding hydrogens is 222 g/mol. The summed E-state index contributed by atoms with van der Waals surface area (Å²) < 4.78 is 26.8. The van der Waals surface area contributed by atoms with Crippen molar-refractivity contribution < 1.29 is 8.78 Å². The third kappa shape index (κ3) is 4.79. The van der Waals surface area contributed by atoms with E-state index in [0.717, 1.165) is 13.1 Å². The van der Waals surface area contributed by atoms with Crippen LogP contribution >= 0.6 is 0 Å². The van der Waals surface area contributed by atoms with Gasteiger partial charge in [-0.3, -0.25) is 0 Å². The maximum atomic E-state index is 13.4. The second-order valence-electron chi connectivity index (χ2n) is 4.55. The topological polar surface area (TPSA) is 15.3 Å². The van der Waals surface area contributed by atoms with Crippen molar-refractivity contribution in [3.63, 3.8) is 0 Å². The number of halogens is 2. The third-order valence-corrected chi connectivity index (χ3v) is 2.54. The molecule has 0 radical (unpaired) electrons. The van der Waals surface area contributed by atoms with Crippen molar-refractivity contribution >= 4 is 0 Å². The number of nitrogens with zero attached hydrogens (tertiary/aromatic N) is 1. The number of hydrogen-bond acceptors (Lipinski definition) is 2. The molecule has 0 aliphatic rings. The summed E-state index contributed by atoms with van der Waals surface area (Å²) in [6.45, 7) is 5.99. The smallest absolute Gasteiger partial charge is 0.130 e. The summed E-state index contributed by atoms with van der Waals surface area (Å²) in [7, 11) is 1.86. The zero-order valence-corrected chi connectivity index (χ0v) is 10.6. The minimum absolute atomic E-state index is 0.138. The van der Waals surface area contributed by atoms with E-state index in [-0.39, 0.29) is 12.1 Å². The fourth-order valence-corrected chi connectivity index (χ4v) is 1.58. The van der Waals surface area contributed by atoms with E-state index >= 15 is 0 Å². The molecule has 0 aliphatic heterocycles. The van der Waals surface area contributed by atoms with Gasteiger partial charge in [-0.2, -0.15) is 0 Å². The summed E-state index contributed by atoms with van der Waals surface area (Å²) in [6, 6.07) is 4.39. The van der Waals surface area contributed by atoms with Gasteiger partial charge in [-0.15, -0.1) is 0 Å². The van der Waals surface area contributed by atoms with Crippen LogP contribution in [0.4, 0.5) is 8.78 Å². The van der Waals surface area contributed by atoms with Gasteiger partial charge in [0.25, 0.3) is 0 Å². The van der Waals surface area contributed by atoms with Gasteiger partial charge in [-0.05, 0) is 19.2 Å². The number of benzene rings is 1. The molecule has 0 aliphatic carbocycles. The molecule has 0 saturated carbocycles. The standard InChI is InChI=1S/C13H20F2N2/c1-10(2)16-7-8-17(3)9-11-12(14)5-4-6-13(11)15/h4-6,10,16H,7-9H2,1-3H3. The van der Waals surface area contributed by atoms with Gasteiger partial charge in [0.2, 0.25) is 0 Å². The van der Waals surface area contributed by atoms with Crippen LogP contribution in [-0.2, 0) is 6.54 Å². The van der Waals surface area contributed by atoms with Crippen molar-refractivity contribution in [2.45, 2.75) is 26.4 Å². The lowest BCUT2D eigenvalue weighted by Crippen LogP contribution is -2.32. The summed E-state index contributed by atoms with van der Waals surface area (Å²) in [6.07, 6.45) is 0. The average Bonchev–Trinajstić information content (AvgIpc) is 2.23. The fraction of sp³-hybridized carbons (Fsp3) is 0.538. The van der Waals surface area contributed by atoms with Crippen LogP contribution in [0.25, 0.3) is 0 Å². The molecule has 0 heterocycles. The number of hydrogen-bond donors (Lipinski definition) is 1. The molecule has 1 rings (SSSR count). The first-order chi connectivity index (χ1) is 8.00. The minimum Gasteiger partial charge on any atom is -0.313 e. The Labute approximate surface area is 102 Å². The Morgan fingerprint density at radius 3 is 2.35 bits per heavy atom. The Kier molecular flexibility index (Phi) is 5.51. The van der Waals surface area contributed by atoms with E-state index in [1.54, 1.807) is 0 Å². The second kappa shape index (κ2) is 6.67. The van der Waals surface area contributed by atoms with Crippen molar-refractivity contribution in [1.82, 2.24) is 10.2 Å². The van der Waals surface area contributed by atoms with Crippen LogP contribution in [0, 0.1) is 11.6 Å². The Morgan fingerprint density at radius 2 is 1.82 bits per heavy atom. The second-order valence-corrected chi connectivity index (χ2v) is 4.55. The molecule has 96 valence electrons. The molecule has 0 saturated heterocycles. The number of likely N-dealkylation sites (N-methyl/N-ethyl adjacent to an activating group) is 1. The van der Waals surface area contributed by atoms with Crippen molar-refractivity contribution in [3.05, 3.63) is 35.4 Å². The van der Waals surface area contributed by atoms with Crippen LogP contribution in [0.15, 0.2) is 18.2 Å².